The molecule has 1 aromatic heterocycles. The number of aromatic nitrogens is 1. The minimum absolute atomic E-state index is 0.0525. The van der Waals surface area contributed by atoms with Crippen LogP contribution in [0.3, 0.4) is 0 Å². The summed E-state index contributed by atoms with van der Waals surface area (Å²) in [5.41, 5.74) is 6.63. The number of anilines is 1. The van der Waals surface area contributed by atoms with Crippen LogP contribution in [0.4, 0.5) is 5.69 Å². The summed E-state index contributed by atoms with van der Waals surface area (Å²) in [7, 11) is 3.29. The first kappa shape index (κ1) is 13.1. The lowest BCUT2D eigenvalue weighted by atomic mass is 10.3. The fraction of sp³-hybridized carbons (Fsp3) is 0.455. The van der Waals surface area contributed by atoms with Crippen molar-refractivity contribution in [2.75, 3.05) is 25.9 Å². The van der Waals surface area contributed by atoms with Crippen molar-refractivity contribution in [2.24, 2.45) is 7.05 Å². The molecule has 0 bridgehead atoms. The van der Waals surface area contributed by atoms with Crippen LogP contribution in [-0.2, 0) is 11.8 Å². The summed E-state index contributed by atoms with van der Waals surface area (Å²) < 4.78 is 1.66. The van der Waals surface area contributed by atoms with Gasteiger partial charge in [0.2, 0.25) is 5.91 Å². The Kier molecular flexibility index (Phi) is 4.14. The molecule has 94 valence electrons. The molecule has 1 aromatic rings. The van der Waals surface area contributed by atoms with E-state index in [0.29, 0.717) is 17.9 Å². The van der Waals surface area contributed by atoms with E-state index >= 15 is 0 Å². The van der Waals surface area contributed by atoms with Gasteiger partial charge in [-0.15, -0.1) is 0 Å². The maximum absolute atomic E-state index is 12.1. The van der Waals surface area contributed by atoms with Crippen molar-refractivity contribution in [1.82, 2.24) is 14.8 Å². The SMILES string of the molecule is CCN(CC(=O)NC)C(=O)c1cc(N)cn1C. The van der Waals surface area contributed by atoms with E-state index < -0.39 is 0 Å². The number of nitrogens with two attached hydrogens (primary N) is 1. The van der Waals surface area contributed by atoms with Gasteiger partial charge in [-0.3, -0.25) is 9.59 Å². The molecule has 6 heteroatoms. The third-order valence-corrected chi connectivity index (χ3v) is 2.53. The number of aryl methyl sites for hydroxylation is 1. The van der Waals surface area contributed by atoms with Gasteiger partial charge in [-0.2, -0.15) is 0 Å². The van der Waals surface area contributed by atoms with Crippen molar-refractivity contribution >= 4 is 17.5 Å². The molecule has 0 unspecified atom stereocenters. The topological polar surface area (TPSA) is 80.4 Å². The Bertz CT molecular complexity index is 425. The Morgan fingerprint density at radius 3 is 2.59 bits per heavy atom. The van der Waals surface area contributed by atoms with Gasteiger partial charge in [0.1, 0.15) is 5.69 Å². The number of nitrogens with zero attached hydrogens (tertiary/aromatic N) is 2. The molecule has 0 aromatic carbocycles. The molecule has 0 saturated carbocycles. The first-order chi connectivity index (χ1) is 7.99. The lowest BCUT2D eigenvalue weighted by Gasteiger charge is -2.19. The van der Waals surface area contributed by atoms with Gasteiger partial charge in [0.05, 0.1) is 12.2 Å². The standard InChI is InChI=1S/C11H18N4O2/c1-4-15(7-10(16)13-2)11(17)9-5-8(12)6-14(9)3/h5-6H,4,7,12H2,1-3H3,(H,13,16). The van der Waals surface area contributed by atoms with E-state index in [-0.39, 0.29) is 18.4 Å². The number of likely N-dealkylation sites (N-methyl/N-ethyl adjacent to an activating group) is 2. The van der Waals surface area contributed by atoms with Gasteiger partial charge in [-0.05, 0) is 13.0 Å². The Hall–Kier alpha value is -1.98. The number of nitrogen functional groups attached to an aromatic ring is 1. The van der Waals surface area contributed by atoms with E-state index in [1.807, 2.05) is 6.92 Å². The van der Waals surface area contributed by atoms with Crippen molar-refractivity contribution < 1.29 is 9.59 Å². The van der Waals surface area contributed by atoms with Crippen LogP contribution in [0.1, 0.15) is 17.4 Å². The first-order valence-electron chi connectivity index (χ1n) is 5.41. The molecule has 0 spiro atoms. The highest BCUT2D eigenvalue weighted by atomic mass is 16.2. The number of carbonyl (C=O) groups is 2. The molecule has 0 aliphatic heterocycles. The van der Waals surface area contributed by atoms with Crippen molar-refractivity contribution in [3.05, 3.63) is 18.0 Å². The number of rotatable bonds is 4. The summed E-state index contributed by atoms with van der Waals surface area (Å²) in [6.45, 7) is 2.35. The number of hydrogen-bond donors (Lipinski definition) is 2. The summed E-state index contributed by atoms with van der Waals surface area (Å²) in [4.78, 5) is 24.9. The number of hydrogen-bond acceptors (Lipinski definition) is 3. The van der Waals surface area contributed by atoms with Crippen LogP contribution in [0.15, 0.2) is 12.3 Å². The largest absolute Gasteiger partial charge is 0.397 e. The molecule has 3 N–H and O–H groups in total. The van der Waals surface area contributed by atoms with Gasteiger partial charge < -0.3 is 20.5 Å². The maximum Gasteiger partial charge on any atom is 0.271 e. The smallest absolute Gasteiger partial charge is 0.271 e. The number of carbonyl (C=O) groups excluding carboxylic acids is 2. The molecule has 1 rings (SSSR count). The lowest BCUT2D eigenvalue weighted by molar-refractivity contribution is -0.121. The zero-order chi connectivity index (χ0) is 13.0. The second-order valence-corrected chi connectivity index (χ2v) is 3.76. The molecule has 0 atom stereocenters. The predicted octanol–water partition coefficient (Wildman–Crippen LogP) is -0.185. The second kappa shape index (κ2) is 5.38. The summed E-state index contributed by atoms with van der Waals surface area (Å²) in [5.74, 6) is -0.391. The molecule has 0 aliphatic rings. The molecule has 1 heterocycles. The predicted molar refractivity (Wildman–Crippen MR) is 65.5 cm³/mol. The summed E-state index contributed by atoms with van der Waals surface area (Å²) in [6.07, 6.45) is 1.67. The second-order valence-electron chi connectivity index (χ2n) is 3.76. The first-order valence-corrected chi connectivity index (χ1v) is 5.41. The summed E-state index contributed by atoms with van der Waals surface area (Å²) in [6, 6.07) is 1.61. The highest BCUT2D eigenvalue weighted by Crippen LogP contribution is 2.11. The highest BCUT2D eigenvalue weighted by Gasteiger charge is 2.19. The minimum atomic E-state index is -0.199. The quantitative estimate of drug-likeness (QED) is 0.763. The molecular formula is C11H18N4O2. The zero-order valence-corrected chi connectivity index (χ0v) is 10.4. The lowest BCUT2D eigenvalue weighted by Crippen LogP contribution is -2.40. The molecule has 0 saturated heterocycles. The highest BCUT2D eigenvalue weighted by molar-refractivity contribution is 5.96. The van der Waals surface area contributed by atoms with Crippen LogP contribution in [0, 0.1) is 0 Å². The number of nitrogens with one attached hydrogen (secondary N) is 1. The van der Waals surface area contributed by atoms with Crippen molar-refractivity contribution in [1.29, 1.82) is 0 Å². The third kappa shape index (κ3) is 2.99. The van der Waals surface area contributed by atoms with Gasteiger partial charge in [0, 0.05) is 26.8 Å². The van der Waals surface area contributed by atoms with Crippen LogP contribution in [0.25, 0.3) is 0 Å². The van der Waals surface area contributed by atoms with Crippen molar-refractivity contribution in [3.63, 3.8) is 0 Å². The molecule has 0 radical (unpaired) electrons. The maximum atomic E-state index is 12.1. The fourth-order valence-corrected chi connectivity index (χ4v) is 1.54. The van der Waals surface area contributed by atoms with E-state index in [4.69, 9.17) is 5.73 Å². The average molecular weight is 238 g/mol. The van der Waals surface area contributed by atoms with Gasteiger partial charge in [-0.1, -0.05) is 0 Å². The van der Waals surface area contributed by atoms with E-state index in [9.17, 15) is 9.59 Å². The molecule has 0 aliphatic carbocycles. The molecular weight excluding hydrogens is 220 g/mol. The van der Waals surface area contributed by atoms with Gasteiger partial charge in [0.15, 0.2) is 0 Å². The van der Waals surface area contributed by atoms with Crippen molar-refractivity contribution in [3.8, 4) is 0 Å². The fourth-order valence-electron chi connectivity index (χ4n) is 1.54. The van der Waals surface area contributed by atoms with E-state index in [0.717, 1.165) is 0 Å². The Morgan fingerprint density at radius 1 is 1.53 bits per heavy atom. The normalized spacial score (nSPS) is 10.1. The molecule has 2 amide bonds. The van der Waals surface area contributed by atoms with Gasteiger partial charge in [0.25, 0.3) is 5.91 Å². The van der Waals surface area contributed by atoms with E-state index in [1.165, 1.54) is 4.90 Å². The Labute approximate surface area is 100 Å². The minimum Gasteiger partial charge on any atom is -0.397 e. The van der Waals surface area contributed by atoms with Gasteiger partial charge in [-0.25, -0.2) is 0 Å². The Balaban J connectivity index is 2.86. The molecule has 17 heavy (non-hydrogen) atoms. The molecule has 6 nitrogen and oxygen atoms in total. The van der Waals surface area contributed by atoms with Crippen LogP contribution in [0.5, 0.6) is 0 Å². The molecule has 0 fully saturated rings. The summed E-state index contributed by atoms with van der Waals surface area (Å²) >= 11 is 0. The van der Waals surface area contributed by atoms with Crippen molar-refractivity contribution in [2.45, 2.75) is 6.92 Å². The van der Waals surface area contributed by atoms with Crippen LogP contribution < -0.4 is 11.1 Å². The average Bonchev–Trinajstić information content (AvgIpc) is 2.64. The Morgan fingerprint density at radius 2 is 2.18 bits per heavy atom. The van der Waals surface area contributed by atoms with E-state index in [1.54, 1.807) is 30.9 Å². The van der Waals surface area contributed by atoms with Gasteiger partial charge >= 0.3 is 0 Å². The summed E-state index contributed by atoms with van der Waals surface area (Å²) in [5, 5.41) is 2.49. The zero-order valence-electron chi connectivity index (χ0n) is 10.4. The van der Waals surface area contributed by atoms with Crippen LogP contribution in [-0.4, -0.2) is 41.4 Å². The van der Waals surface area contributed by atoms with Crippen LogP contribution >= 0.6 is 0 Å². The third-order valence-electron chi connectivity index (χ3n) is 2.53. The number of amides is 2. The monoisotopic (exact) mass is 238 g/mol. The van der Waals surface area contributed by atoms with E-state index in [2.05, 4.69) is 5.32 Å². The van der Waals surface area contributed by atoms with Crippen LogP contribution in [0.2, 0.25) is 0 Å².